The second-order valence-electron chi connectivity index (χ2n) is 5.99. The van der Waals surface area contributed by atoms with Crippen molar-refractivity contribution in [3.05, 3.63) is 29.3 Å². The molecule has 0 aromatic heterocycles. The molecular formula is C18H27NO3. The van der Waals surface area contributed by atoms with Gasteiger partial charge in [-0.25, -0.2) is 0 Å². The van der Waals surface area contributed by atoms with E-state index in [1.807, 2.05) is 24.8 Å². The van der Waals surface area contributed by atoms with E-state index < -0.39 is 0 Å². The molecule has 4 nitrogen and oxygen atoms in total. The van der Waals surface area contributed by atoms with Crippen LogP contribution in [0.3, 0.4) is 0 Å². The number of ether oxygens (including phenoxy) is 2. The van der Waals surface area contributed by atoms with Crippen LogP contribution in [0.15, 0.2) is 18.2 Å². The molecule has 0 aliphatic carbocycles. The number of likely N-dealkylation sites (tertiary alicyclic amines) is 1. The van der Waals surface area contributed by atoms with Crippen LogP contribution in [0, 0.1) is 13.8 Å². The smallest absolute Gasteiger partial charge is 0.251 e. The Hall–Kier alpha value is -1.55. The van der Waals surface area contributed by atoms with Crippen molar-refractivity contribution >= 4 is 5.91 Å². The Morgan fingerprint density at radius 1 is 1.27 bits per heavy atom. The topological polar surface area (TPSA) is 38.8 Å². The monoisotopic (exact) mass is 305 g/mol. The van der Waals surface area contributed by atoms with Crippen molar-refractivity contribution in [2.24, 2.45) is 0 Å². The Morgan fingerprint density at radius 2 is 1.95 bits per heavy atom. The summed E-state index contributed by atoms with van der Waals surface area (Å²) in [6.45, 7) is 9.98. The highest BCUT2D eigenvalue weighted by molar-refractivity contribution is 5.80. The van der Waals surface area contributed by atoms with Crippen LogP contribution in [0.4, 0.5) is 0 Å². The van der Waals surface area contributed by atoms with Gasteiger partial charge in [0, 0.05) is 32.5 Å². The van der Waals surface area contributed by atoms with Crippen LogP contribution in [0.1, 0.15) is 37.8 Å². The Kier molecular flexibility index (Phi) is 5.83. The van der Waals surface area contributed by atoms with E-state index in [0.717, 1.165) is 31.7 Å². The lowest BCUT2D eigenvalue weighted by Crippen LogP contribution is -2.46. The molecular weight excluding hydrogens is 278 g/mol. The van der Waals surface area contributed by atoms with Gasteiger partial charge in [0.1, 0.15) is 18.0 Å². The normalized spacial score (nSPS) is 17.4. The largest absolute Gasteiger partial charge is 0.490 e. The number of carbonyl (C=O) groups excluding carboxylic acids is 1. The molecule has 0 bridgehead atoms. The molecule has 1 heterocycles. The van der Waals surface area contributed by atoms with Crippen molar-refractivity contribution in [1.82, 2.24) is 4.90 Å². The quantitative estimate of drug-likeness (QED) is 0.839. The zero-order chi connectivity index (χ0) is 16.1. The van der Waals surface area contributed by atoms with E-state index in [4.69, 9.17) is 9.47 Å². The zero-order valence-electron chi connectivity index (χ0n) is 14.1. The predicted octanol–water partition coefficient (Wildman–Crippen LogP) is 3.10. The van der Waals surface area contributed by atoms with Crippen molar-refractivity contribution in [2.75, 3.05) is 19.7 Å². The summed E-state index contributed by atoms with van der Waals surface area (Å²) < 4.78 is 11.4. The van der Waals surface area contributed by atoms with Gasteiger partial charge in [0.25, 0.3) is 5.91 Å². The third-order valence-corrected chi connectivity index (χ3v) is 4.30. The highest BCUT2D eigenvalue weighted by Gasteiger charge is 2.27. The second kappa shape index (κ2) is 7.63. The number of aryl methyl sites for hydroxylation is 2. The average Bonchev–Trinajstić information content (AvgIpc) is 2.51. The number of benzene rings is 1. The lowest BCUT2D eigenvalue weighted by molar-refractivity contribution is -0.144. The number of hydrogen-bond acceptors (Lipinski definition) is 3. The molecule has 1 aromatic rings. The maximum absolute atomic E-state index is 12.2. The average molecular weight is 305 g/mol. The minimum absolute atomic E-state index is 0.0893. The van der Waals surface area contributed by atoms with Crippen molar-refractivity contribution in [3.8, 4) is 5.75 Å². The standard InChI is InChI=1S/C18H27NO3/c1-5-21-15(4)18(20)19-10-8-16(9-11-19)22-17-7-6-13(2)14(3)12-17/h6-7,12,15-16H,5,8-11H2,1-4H3/t15-/m0/s1. The van der Waals surface area contributed by atoms with Gasteiger partial charge in [-0.2, -0.15) is 0 Å². The van der Waals surface area contributed by atoms with Gasteiger partial charge in [-0.1, -0.05) is 6.07 Å². The first-order valence-corrected chi connectivity index (χ1v) is 8.15. The van der Waals surface area contributed by atoms with Crippen molar-refractivity contribution < 1.29 is 14.3 Å². The summed E-state index contributed by atoms with van der Waals surface area (Å²) in [5.41, 5.74) is 2.52. The fraction of sp³-hybridized carbons (Fsp3) is 0.611. The summed E-state index contributed by atoms with van der Waals surface area (Å²) in [5.74, 6) is 1.02. The number of hydrogen-bond donors (Lipinski definition) is 0. The second-order valence-corrected chi connectivity index (χ2v) is 5.99. The molecule has 0 N–H and O–H groups in total. The highest BCUT2D eigenvalue weighted by Crippen LogP contribution is 2.22. The van der Waals surface area contributed by atoms with Crippen LogP contribution in [-0.4, -0.2) is 42.7 Å². The first-order chi connectivity index (χ1) is 10.5. The van der Waals surface area contributed by atoms with E-state index >= 15 is 0 Å². The molecule has 0 saturated carbocycles. The molecule has 1 atom stereocenters. The van der Waals surface area contributed by atoms with E-state index in [1.165, 1.54) is 11.1 Å². The SMILES string of the molecule is CCO[C@@H](C)C(=O)N1CCC(Oc2ccc(C)c(C)c2)CC1. The van der Waals surface area contributed by atoms with Crippen LogP contribution in [0.25, 0.3) is 0 Å². The van der Waals surface area contributed by atoms with Crippen LogP contribution in [-0.2, 0) is 9.53 Å². The number of nitrogens with zero attached hydrogens (tertiary/aromatic N) is 1. The van der Waals surface area contributed by atoms with Crippen molar-refractivity contribution in [3.63, 3.8) is 0 Å². The van der Waals surface area contributed by atoms with Gasteiger partial charge in [-0.3, -0.25) is 4.79 Å². The number of carbonyl (C=O) groups is 1. The van der Waals surface area contributed by atoms with Gasteiger partial charge >= 0.3 is 0 Å². The summed E-state index contributed by atoms with van der Waals surface area (Å²) in [4.78, 5) is 14.1. The first-order valence-electron chi connectivity index (χ1n) is 8.15. The highest BCUT2D eigenvalue weighted by atomic mass is 16.5. The summed E-state index contributed by atoms with van der Waals surface area (Å²) in [6, 6.07) is 6.20. The molecule has 22 heavy (non-hydrogen) atoms. The number of rotatable bonds is 5. The number of amides is 1. The fourth-order valence-corrected chi connectivity index (χ4v) is 2.75. The molecule has 1 aromatic carbocycles. The van der Waals surface area contributed by atoms with E-state index in [1.54, 1.807) is 0 Å². The molecule has 1 fully saturated rings. The van der Waals surface area contributed by atoms with Gasteiger partial charge in [0.05, 0.1) is 0 Å². The molecule has 0 unspecified atom stereocenters. The predicted molar refractivity (Wildman–Crippen MR) is 87.2 cm³/mol. The molecule has 1 amide bonds. The lowest BCUT2D eigenvalue weighted by atomic mass is 10.1. The van der Waals surface area contributed by atoms with Gasteiger partial charge < -0.3 is 14.4 Å². The summed E-state index contributed by atoms with van der Waals surface area (Å²) in [7, 11) is 0. The van der Waals surface area contributed by atoms with Crippen LogP contribution >= 0.6 is 0 Å². The summed E-state index contributed by atoms with van der Waals surface area (Å²) in [6.07, 6.45) is 1.59. The molecule has 122 valence electrons. The molecule has 0 radical (unpaired) electrons. The van der Waals surface area contributed by atoms with Gasteiger partial charge in [-0.05, 0) is 51.0 Å². The van der Waals surface area contributed by atoms with E-state index in [0.29, 0.717) is 6.61 Å². The minimum atomic E-state index is -0.345. The van der Waals surface area contributed by atoms with Crippen molar-refractivity contribution in [2.45, 2.75) is 52.7 Å². The number of piperidine rings is 1. The van der Waals surface area contributed by atoms with Crippen molar-refractivity contribution in [1.29, 1.82) is 0 Å². The molecule has 1 aliphatic rings. The zero-order valence-corrected chi connectivity index (χ0v) is 14.1. The minimum Gasteiger partial charge on any atom is -0.490 e. The fourth-order valence-electron chi connectivity index (χ4n) is 2.75. The van der Waals surface area contributed by atoms with Gasteiger partial charge in [0.2, 0.25) is 0 Å². The summed E-state index contributed by atoms with van der Waals surface area (Å²) >= 11 is 0. The molecule has 2 rings (SSSR count). The third kappa shape index (κ3) is 4.23. The Balaban J connectivity index is 1.84. The molecule has 0 spiro atoms. The lowest BCUT2D eigenvalue weighted by Gasteiger charge is -2.33. The Labute approximate surface area is 133 Å². The Bertz CT molecular complexity index is 507. The van der Waals surface area contributed by atoms with Crippen LogP contribution < -0.4 is 4.74 Å². The molecule has 4 heteroatoms. The van der Waals surface area contributed by atoms with Crippen LogP contribution in [0.5, 0.6) is 5.75 Å². The Morgan fingerprint density at radius 3 is 2.55 bits per heavy atom. The van der Waals surface area contributed by atoms with Gasteiger partial charge in [0.15, 0.2) is 0 Å². The van der Waals surface area contributed by atoms with Crippen LogP contribution in [0.2, 0.25) is 0 Å². The van der Waals surface area contributed by atoms with E-state index in [-0.39, 0.29) is 18.1 Å². The van der Waals surface area contributed by atoms with E-state index in [9.17, 15) is 4.79 Å². The first kappa shape index (κ1) is 16.8. The maximum Gasteiger partial charge on any atom is 0.251 e. The van der Waals surface area contributed by atoms with Gasteiger partial charge in [-0.15, -0.1) is 0 Å². The maximum atomic E-state index is 12.2. The van der Waals surface area contributed by atoms with E-state index in [2.05, 4.69) is 26.0 Å². The third-order valence-electron chi connectivity index (χ3n) is 4.30. The summed E-state index contributed by atoms with van der Waals surface area (Å²) in [5, 5.41) is 0. The molecule has 1 saturated heterocycles. The molecule has 1 aliphatic heterocycles.